The smallest absolute Gasteiger partial charge is 0.422 e. The summed E-state index contributed by atoms with van der Waals surface area (Å²) >= 11 is 5.71. The molecule has 0 aliphatic carbocycles. The van der Waals surface area contributed by atoms with Gasteiger partial charge in [-0.15, -0.1) is 0 Å². The predicted molar refractivity (Wildman–Crippen MR) is 69.5 cm³/mol. The number of hydrogen-bond acceptors (Lipinski definition) is 3. The van der Waals surface area contributed by atoms with Crippen LogP contribution in [0, 0.1) is 0 Å². The molecule has 2 rings (SSSR count). The molecule has 0 aliphatic rings. The number of H-pyrrole nitrogens is 1. The molecule has 5 nitrogen and oxygen atoms in total. The maximum absolute atomic E-state index is 12.2. The first-order valence-electron chi connectivity index (χ1n) is 5.65. The van der Waals surface area contributed by atoms with E-state index in [2.05, 4.69) is 20.3 Å². The zero-order valence-corrected chi connectivity index (χ0v) is 11.1. The van der Waals surface area contributed by atoms with Crippen LogP contribution < -0.4 is 10.1 Å². The van der Waals surface area contributed by atoms with E-state index >= 15 is 0 Å². The average molecular weight is 320 g/mol. The first-order chi connectivity index (χ1) is 9.85. The van der Waals surface area contributed by atoms with E-state index in [0.717, 1.165) is 0 Å². The first-order valence-corrected chi connectivity index (χ1v) is 6.03. The summed E-state index contributed by atoms with van der Waals surface area (Å²) in [5, 5.41) is 8.64. The SMILES string of the molecule is O=C(Nc1ccc(Cl)cc1OCC(F)(F)F)c1ccn[nH]1. The van der Waals surface area contributed by atoms with Crippen molar-refractivity contribution in [3.63, 3.8) is 0 Å². The number of carbonyl (C=O) groups excluding carboxylic acids is 1. The highest BCUT2D eigenvalue weighted by atomic mass is 35.5. The Labute approximate surface area is 122 Å². The van der Waals surface area contributed by atoms with Crippen LogP contribution in [0.2, 0.25) is 5.02 Å². The van der Waals surface area contributed by atoms with Gasteiger partial charge in [-0.25, -0.2) is 0 Å². The molecule has 1 heterocycles. The molecular weight excluding hydrogens is 311 g/mol. The Morgan fingerprint density at radius 2 is 2.14 bits per heavy atom. The van der Waals surface area contributed by atoms with Crippen LogP contribution in [-0.2, 0) is 0 Å². The monoisotopic (exact) mass is 319 g/mol. The second kappa shape index (κ2) is 6.04. The molecule has 0 saturated heterocycles. The Kier molecular flexibility index (Phi) is 4.37. The molecule has 0 bridgehead atoms. The van der Waals surface area contributed by atoms with E-state index in [0.29, 0.717) is 0 Å². The molecule has 1 aromatic carbocycles. The number of anilines is 1. The Bertz CT molecular complexity index is 629. The van der Waals surface area contributed by atoms with Crippen LogP contribution >= 0.6 is 11.6 Å². The van der Waals surface area contributed by atoms with Crippen LogP contribution in [0.15, 0.2) is 30.5 Å². The van der Waals surface area contributed by atoms with Crippen molar-refractivity contribution in [3.8, 4) is 5.75 Å². The van der Waals surface area contributed by atoms with Crippen molar-refractivity contribution in [2.24, 2.45) is 0 Å². The third-order valence-electron chi connectivity index (χ3n) is 2.33. The Morgan fingerprint density at radius 3 is 2.76 bits per heavy atom. The third-order valence-corrected chi connectivity index (χ3v) is 2.56. The molecule has 112 valence electrons. The summed E-state index contributed by atoms with van der Waals surface area (Å²) in [6, 6.07) is 5.38. The maximum Gasteiger partial charge on any atom is 0.422 e. The van der Waals surface area contributed by atoms with Crippen molar-refractivity contribution in [3.05, 3.63) is 41.2 Å². The normalized spacial score (nSPS) is 11.2. The van der Waals surface area contributed by atoms with Gasteiger partial charge in [0.15, 0.2) is 6.61 Å². The lowest BCUT2D eigenvalue weighted by molar-refractivity contribution is -0.153. The number of aromatic nitrogens is 2. The first kappa shape index (κ1) is 15.2. The van der Waals surface area contributed by atoms with Gasteiger partial charge in [0.2, 0.25) is 0 Å². The number of nitrogens with one attached hydrogen (secondary N) is 2. The van der Waals surface area contributed by atoms with Crippen LogP contribution in [0.4, 0.5) is 18.9 Å². The molecule has 0 saturated carbocycles. The van der Waals surface area contributed by atoms with Crippen molar-refractivity contribution in [1.82, 2.24) is 10.2 Å². The molecule has 0 atom stereocenters. The number of rotatable bonds is 4. The standard InChI is InChI=1S/C12H9ClF3N3O2/c13-7-1-2-8(10(5-7)21-6-12(14,15)16)18-11(20)9-3-4-17-19-9/h1-5H,6H2,(H,17,19)(H,18,20). The Hall–Kier alpha value is -2.22. The molecule has 0 fully saturated rings. The van der Waals surface area contributed by atoms with Crippen molar-refractivity contribution < 1.29 is 22.7 Å². The van der Waals surface area contributed by atoms with Gasteiger partial charge in [0.25, 0.3) is 5.91 Å². The second-order valence-electron chi connectivity index (χ2n) is 3.97. The number of aromatic amines is 1. The van der Waals surface area contributed by atoms with Gasteiger partial charge in [-0.05, 0) is 18.2 Å². The van der Waals surface area contributed by atoms with E-state index in [9.17, 15) is 18.0 Å². The molecule has 0 spiro atoms. The van der Waals surface area contributed by atoms with Gasteiger partial charge >= 0.3 is 6.18 Å². The molecule has 1 amide bonds. The summed E-state index contributed by atoms with van der Waals surface area (Å²) in [6.45, 7) is -1.49. The van der Waals surface area contributed by atoms with Crippen LogP contribution in [-0.4, -0.2) is 28.9 Å². The summed E-state index contributed by atoms with van der Waals surface area (Å²) in [6.07, 6.45) is -3.12. The van der Waals surface area contributed by atoms with E-state index in [-0.39, 0.29) is 22.2 Å². The van der Waals surface area contributed by atoms with E-state index in [4.69, 9.17) is 11.6 Å². The molecule has 9 heteroatoms. The highest BCUT2D eigenvalue weighted by Crippen LogP contribution is 2.30. The maximum atomic E-state index is 12.2. The van der Waals surface area contributed by atoms with Crippen molar-refractivity contribution in [1.29, 1.82) is 0 Å². The van der Waals surface area contributed by atoms with Crippen LogP contribution in [0.3, 0.4) is 0 Å². The summed E-state index contributed by atoms with van der Waals surface area (Å²) in [5.74, 6) is -0.737. The molecular formula is C12H9ClF3N3O2. The van der Waals surface area contributed by atoms with Crippen LogP contribution in [0.1, 0.15) is 10.5 Å². The fourth-order valence-electron chi connectivity index (χ4n) is 1.45. The summed E-state index contributed by atoms with van der Waals surface area (Å²) in [5.41, 5.74) is 0.231. The van der Waals surface area contributed by atoms with Gasteiger partial charge in [-0.2, -0.15) is 18.3 Å². The zero-order valence-electron chi connectivity index (χ0n) is 10.4. The minimum Gasteiger partial charge on any atom is -0.482 e. The Morgan fingerprint density at radius 1 is 1.38 bits per heavy atom. The number of benzene rings is 1. The number of amides is 1. The quantitative estimate of drug-likeness (QED) is 0.909. The van der Waals surface area contributed by atoms with Crippen LogP contribution in [0.5, 0.6) is 5.75 Å². The molecule has 0 radical (unpaired) electrons. The lowest BCUT2D eigenvalue weighted by Crippen LogP contribution is -2.20. The van der Waals surface area contributed by atoms with Gasteiger partial charge in [0, 0.05) is 17.3 Å². The highest BCUT2D eigenvalue weighted by Gasteiger charge is 2.29. The number of halogens is 4. The average Bonchev–Trinajstić information content (AvgIpc) is 2.92. The fraction of sp³-hybridized carbons (Fsp3) is 0.167. The van der Waals surface area contributed by atoms with E-state index < -0.39 is 18.7 Å². The predicted octanol–water partition coefficient (Wildman–Crippen LogP) is 3.26. The second-order valence-corrected chi connectivity index (χ2v) is 4.41. The summed E-state index contributed by atoms with van der Waals surface area (Å²) < 4.78 is 41.3. The van der Waals surface area contributed by atoms with Gasteiger partial charge in [-0.3, -0.25) is 9.89 Å². The minimum atomic E-state index is -4.49. The lowest BCUT2D eigenvalue weighted by Gasteiger charge is -2.14. The number of ether oxygens (including phenoxy) is 1. The molecule has 1 aromatic heterocycles. The number of carbonyl (C=O) groups is 1. The van der Waals surface area contributed by atoms with Gasteiger partial charge in [-0.1, -0.05) is 11.6 Å². The molecule has 2 N–H and O–H groups in total. The van der Waals surface area contributed by atoms with E-state index in [1.165, 1.54) is 30.5 Å². The zero-order chi connectivity index (χ0) is 15.5. The van der Waals surface area contributed by atoms with Gasteiger partial charge < -0.3 is 10.1 Å². The topological polar surface area (TPSA) is 67.0 Å². The molecule has 2 aromatic rings. The largest absolute Gasteiger partial charge is 0.482 e. The van der Waals surface area contributed by atoms with E-state index in [1.807, 2.05) is 0 Å². The third kappa shape index (κ3) is 4.38. The van der Waals surface area contributed by atoms with Crippen molar-refractivity contribution in [2.45, 2.75) is 6.18 Å². The minimum absolute atomic E-state index is 0.0725. The van der Waals surface area contributed by atoms with Crippen molar-refractivity contribution >= 4 is 23.2 Å². The van der Waals surface area contributed by atoms with Crippen molar-refractivity contribution in [2.75, 3.05) is 11.9 Å². The summed E-state index contributed by atoms with van der Waals surface area (Å²) in [7, 11) is 0. The Balaban J connectivity index is 2.16. The molecule has 0 unspecified atom stereocenters. The number of hydrogen-bond donors (Lipinski definition) is 2. The van der Waals surface area contributed by atoms with E-state index in [1.54, 1.807) is 0 Å². The highest BCUT2D eigenvalue weighted by molar-refractivity contribution is 6.30. The fourth-order valence-corrected chi connectivity index (χ4v) is 1.61. The molecule has 21 heavy (non-hydrogen) atoms. The number of nitrogens with zero attached hydrogens (tertiary/aromatic N) is 1. The van der Waals surface area contributed by atoms with Gasteiger partial charge in [0.1, 0.15) is 11.4 Å². The summed E-state index contributed by atoms with van der Waals surface area (Å²) in [4.78, 5) is 11.8. The lowest BCUT2D eigenvalue weighted by atomic mass is 10.2. The van der Waals surface area contributed by atoms with Gasteiger partial charge in [0.05, 0.1) is 5.69 Å². The van der Waals surface area contributed by atoms with Crippen LogP contribution in [0.25, 0.3) is 0 Å². The molecule has 0 aliphatic heterocycles. The number of alkyl halides is 3.